The van der Waals surface area contributed by atoms with E-state index < -0.39 is 6.09 Å². The van der Waals surface area contributed by atoms with E-state index in [2.05, 4.69) is 16.5 Å². The van der Waals surface area contributed by atoms with Crippen LogP contribution in [-0.2, 0) is 11.8 Å². The zero-order valence-corrected chi connectivity index (χ0v) is 10.4. The lowest BCUT2D eigenvalue weighted by atomic mass is 10.1. The molecule has 92 valence electrons. The summed E-state index contributed by atoms with van der Waals surface area (Å²) < 4.78 is 6.35. The lowest BCUT2D eigenvalue weighted by Crippen LogP contribution is -2.14. The number of aryl methyl sites for hydroxylation is 1. The van der Waals surface area contributed by atoms with Gasteiger partial charge in [0.1, 0.15) is 11.6 Å². The fourth-order valence-electron chi connectivity index (χ4n) is 1.66. The maximum atomic E-state index is 11.3. The molecule has 0 radical (unpaired) electrons. The minimum Gasteiger partial charge on any atom is -0.450 e. The Kier molecular flexibility index (Phi) is 4.10. The number of aromatic nitrogens is 2. The number of nitrogens with one attached hydrogen (secondary N) is 1. The van der Waals surface area contributed by atoms with E-state index in [-0.39, 0.29) is 18.3 Å². The van der Waals surface area contributed by atoms with Gasteiger partial charge in [-0.3, -0.25) is 10.00 Å². The van der Waals surface area contributed by atoms with Gasteiger partial charge in [0.15, 0.2) is 5.82 Å². The average molecular weight is 236 g/mol. The van der Waals surface area contributed by atoms with E-state index in [1.165, 1.54) is 0 Å². The van der Waals surface area contributed by atoms with Crippen molar-refractivity contribution < 1.29 is 9.53 Å². The molecule has 1 amide bonds. The van der Waals surface area contributed by atoms with Gasteiger partial charge in [0.2, 0.25) is 0 Å². The highest BCUT2D eigenvalue weighted by molar-refractivity contribution is 5.85. The standard InChI is InChI=1S/C11H16N4O2/c1-5-17-11(16)13-10-8(6-12)9(7(2)3)15(4)14-10/h7H,5H2,1-4H3,(H,13,14,16). The first-order chi connectivity index (χ1) is 8.01. The molecule has 1 N–H and O–H groups in total. The molecular weight excluding hydrogens is 220 g/mol. The summed E-state index contributed by atoms with van der Waals surface area (Å²) in [5.74, 6) is 0.400. The molecule has 1 aromatic rings. The van der Waals surface area contributed by atoms with Gasteiger partial charge in [-0.1, -0.05) is 13.8 Å². The van der Waals surface area contributed by atoms with Gasteiger partial charge >= 0.3 is 6.09 Å². The van der Waals surface area contributed by atoms with Crippen LogP contribution in [0, 0.1) is 11.3 Å². The van der Waals surface area contributed by atoms with Crippen molar-refractivity contribution in [3.05, 3.63) is 11.3 Å². The van der Waals surface area contributed by atoms with Gasteiger partial charge in [-0.2, -0.15) is 10.4 Å². The zero-order chi connectivity index (χ0) is 13.0. The highest BCUT2D eigenvalue weighted by Crippen LogP contribution is 2.24. The van der Waals surface area contributed by atoms with Crippen molar-refractivity contribution in [3.8, 4) is 6.07 Å². The second-order valence-electron chi connectivity index (χ2n) is 3.84. The predicted molar refractivity (Wildman–Crippen MR) is 62.7 cm³/mol. The van der Waals surface area contributed by atoms with Crippen LogP contribution >= 0.6 is 0 Å². The van der Waals surface area contributed by atoms with E-state index in [1.807, 2.05) is 13.8 Å². The van der Waals surface area contributed by atoms with Gasteiger partial charge in [-0.05, 0) is 12.8 Å². The van der Waals surface area contributed by atoms with E-state index in [1.54, 1.807) is 18.7 Å². The molecule has 1 heterocycles. The zero-order valence-electron chi connectivity index (χ0n) is 10.4. The van der Waals surface area contributed by atoms with Gasteiger partial charge in [-0.25, -0.2) is 4.79 Å². The molecule has 0 unspecified atom stereocenters. The Hall–Kier alpha value is -2.03. The minimum atomic E-state index is -0.600. The quantitative estimate of drug-likeness (QED) is 0.870. The SMILES string of the molecule is CCOC(=O)Nc1nn(C)c(C(C)C)c1C#N. The highest BCUT2D eigenvalue weighted by Gasteiger charge is 2.20. The van der Waals surface area contributed by atoms with Crippen molar-refractivity contribution in [2.75, 3.05) is 11.9 Å². The van der Waals surface area contributed by atoms with Crippen molar-refractivity contribution in [1.29, 1.82) is 5.26 Å². The van der Waals surface area contributed by atoms with E-state index in [4.69, 9.17) is 10.00 Å². The molecule has 0 atom stereocenters. The van der Waals surface area contributed by atoms with E-state index in [0.29, 0.717) is 5.56 Å². The number of nitrogens with zero attached hydrogens (tertiary/aromatic N) is 3. The molecule has 1 rings (SSSR count). The summed E-state index contributed by atoms with van der Waals surface area (Å²) in [6, 6.07) is 2.06. The second kappa shape index (κ2) is 5.34. The summed E-state index contributed by atoms with van der Waals surface area (Å²) in [5.41, 5.74) is 1.18. The molecule has 0 aromatic carbocycles. The van der Waals surface area contributed by atoms with Crippen LogP contribution in [0.25, 0.3) is 0 Å². The number of ether oxygens (including phenoxy) is 1. The molecule has 0 spiro atoms. The molecule has 1 aromatic heterocycles. The van der Waals surface area contributed by atoms with Crippen LogP contribution in [0.4, 0.5) is 10.6 Å². The summed E-state index contributed by atoms with van der Waals surface area (Å²) >= 11 is 0. The molecule has 6 heteroatoms. The third-order valence-corrected chi connectivity index (χ3v) is 2.25. The average Bonchev–Trinajstić information content (AvgIpc) is 2.54. The first kappa shape index (κ1) is 13.0. The molecule has 17 heavy (non-hydrogen) atoms. The number of carbonyl (C=O) groups is 1. The minimum absolute atomic E-state index is 0.153. The van der Waals surface area contributed by atoms with Crippen molar-refractivity contribution in [1.82, 2.24) is 9.78 Å². The Morgan fingerprint density at radius 2 is 2.29 bits per heavy atom. The molecule has 0 saturated heterocycles. The van der Waals surface area contributed by atoms with Crippen LogP contribution < -0.4 is 5.32 Å². The smallest absolute Gasteiger partial charge is 0.412 e. The van der Waals surface area contributed by atoms with Crippen LogP contribution in [0.2, 0.25) is 0 Å². The lowest BCUT2D eigenvalue weighted by molar-refractivity contribution is 0.168. The topological polar surface area (TPSA) is 79.9 Å². The number of rotatable bonds is 3. The fourth-order valence-corrected chi connectivity index (χ4v) is 1.66. The molecule has 0 aliphatic carbocycles. The number of amides is 1. The summed E-state index contributed by atoms with van der Waals surface area (Å²) in [7, 11) is 1.74. The highest BCUT2D eigenvalue weighted by atomic mass is 16.5. The van der Waals surface area contributed by atoms with Crippen LogP contribution in [0.5, 0.6) is 0 Å². The lowest BCUT2D eigenvalue weighted by Gasteiger charge is -2.05. The number of nitriles is 1. The first-order valence-corrected chi connectivity index (χ1v) is 5.42. The normalized spacial score (nSPS) is 10.1. The summed E-state index contributed by atoms with van der Waals surface area (Å²) in [4.78, 5) is 11.3. The Morgan fingerprint density at radius 1 is 1.65 bits per heavy atom. The molecule has 0 saturated carbocycles. The number of hydrogen-bond donors (Lipinski definition) is 1. The van der Waals surface area contributed by atoms with E-state index in [9.17, 15) is 4.79 Å². The third-order valence-electron chi connectivity index (χ3n) is 2.25. The van der Waals surface area contributed by atoms with Gasteiger partial charge < -0.3 is 4.74 Å². The summed E-state index contributed by atoms with van der Waals surface area (Å²) in [5, 5.41) is 15.7. The number of hydrogen-bond acceptors (Lipinski definition) is 4. The van der Waals surface area contributed by atoms with Gasteiger partial charge in [0, 0.05) is 7.05 Å². The van der Waals surface area contributed by atoms with Gasteiger partial charge in [-0.15, -0.1) is 0 Å². The molecule has 0 bridgehead atoms. The van der Waals surface area contributed by atoms with Crippen LogP contribution in [0.1, 0.15) is 37.9 Å². The fraction of sp³-hybridized carbons (Fsp3) is 0.545. The van der Waals surface area contributed by atoms with Crippen molar-refractivity contribution in [2.45, 2.75) is 26.7 Å². The Morgan fingerprint density at radius 3 is 2.76 bits per heavy atom. The second-order valence-corrected chi connectivity index (χ2v) is 3.84. The van der Waals surface area contributed by atoms with Crippen molar-refractivity contribution in [2.24, 2.45) is 7.05 Å². The third kappa shape index (κ3) is 2.75. The molecule has 0 fully saturated rings. The maximum absolute atomic E-state index is 11.3. The Bertz CT molecular complexity index is 457. The largest absolute Gasteiger partial charge is 0.450 e. The van der Waals surface area contributed by atoms with Crippen LogP contribution in [0.3, 0.4) is 0 Å². The van der Waals surface area contributed by atoms with Gasteiger partial charge in [0.25, 0.3) is 0 Å². The Balaban J connectivity index is 3.06. The monoisotopic (exact) mass is 236 g/mol. The molecule has 0 aliphatic heterocycles. The molecular formula is C11H16N4O2. The van der Waals surface area contributed by atoms with Crippen molar-refractivity contribution in [3.63, 3.8) is 0 Å². The maximum Gasteiger partial charge on any atom is 0.412 e. The molecule has 0 aliphatic rings. The first-order valence-electron chi connectivity index (χ1n) is 5.42. The Labute approximate surface area is 100 Å². The van der Waals surface area contributed by atoms with Crippen LogP contribution in [-0.4, -0.2) is 22.5 Å². The summed E-state index contributed by atoms with van der Waals surface area (Å²) in [6.45, 7) is 5.92. The summed E-state index contributed by atoms with van der Waals surface area (Å²) in [6.07, 6.45) is -0.600. The number of carbonyl (C=O) groups excluding carboxylic acids is 1. The number of anilines is 1. The van der Waals surface area contributed by atoms with Crippen molar-refractivity contribution >= 4 is 11.9 Å². The van der Waals surface area contributed by atoms with Gasteiger partial charge in [0.05, 0.1) is 12.3 Å². The molecule has 6 nitrogen and oxygen atoms in total. The predicted octanol–water partition coefficient (Wildman–Crippen LogP) is 1.98. The van der Waals surface area contributed by atoms with E-state index in [0.717, 1.165) is 5.69 Å². The van der Waals surface area contributed by atoms with E-state index >= 15 is 0 Å². The van der Waals surface area contributed by atoms with Crippen LogP contribution in [0.15, 0.2) is 0 Å².